The number of rotatable bonds is 6. The van der Waals surface area contributed by atoms with Crippen LogP contribution in [0, 0.1) is 0 Å². The van der Waals surface area contributed by atoms with Gasteiger partial charge < -0.3 is 15.0 Å². The zero-order chi connectivity index (χ0) is 16.3. The van der Waals surface area contributed by atoms with Gasteiger partial charge in [0.25, 0.3) is 5.91 Å². The topological polar surface area (TPSA) is 79.0 Å². The predicted molar refractivity (Wildman–Crippen MR) is 81.3 cm³/mol. The van der Waals surface area contributed by atoms with Gasteiger partial charge in [0.1, 0.15) is 12.1 Å². The molecule has 0 bridgehead atoms. The van der Waals surface area contributed by atoms with Crippen LogP contribution in [0.25, 0.3) is 0 Å². The van der Waals surface area contributed by atoms with Crippen molar-refractivity contribution < 1.29 is 19.1 Å². The highest BCUT2D eigenvalue weighted by Gasteiger charge is 2.48. The zero-order valence-electron chi connectivity index (χ0n) is 12.8. The van der Waals surface area contributed by atoms with E-state index >= 15 is 0 Å². The molecule has 1 N–H and O–H groups in total. The molecule has 0 aromatic carbocycles. The van der Waals surface area contributed by atoms with Gasteiger partial charge in [0.2, 0.25) is 5.91 Å². The van der Waals surface area contributed by atoms with E-state index in [0.717, 1.165) is 10.5 Å². The van der Waals surface area contributed by atoms with E-state index in [9.17, 15) is 14.4 Å². The maximum absolute atomic E-state index is 12.3. The van der Waals surface area contributed by atoms with Crippen LogP contribution in [0.2, 0.25) is 0 Å². The Kier molecular flexibility index (Phi) is 4.82. The van der Waals surface area contributed by atoms with Crippen LogP contribution in [-0.2, 0) is 20.9 Å². The molecule has 7 nitrogen and oxygen atoms in total. The molecule has 1 saturated heterocycles. The first-order valence-corrected chi connectivity index (χ1v) is 7.70. The zero-order valence-corrected chi connectivity index (χ0v) is 13.6. The number of imide groups is 1. The summed E-state index contributed by atoms with van der Waals surface area (Å²) >= 11 is 1.55. The second kappa shape index (κ2) is 6.45. The van der Waals surface area contributed by atoms with Crippen LogP contribution in [0.1, 0.15) is 12.5 Å². The quantitative estimate of drug-likeness (QED) is 0.780. The van der Waals surface area contributed by atoms with E-state index in [0.29, 0.717) is 6.54 Å². The molecule has 1 aromatic heterocycles. The number of methoxy groups -OCH3 is 1. The Morgan fingerprint density at radius 2 is 2.23 bits per heavy atom. The number of urea groups is 1. The molecule has 0 saturated carbocycles. The van der Waals surface area contributed by atoms with Gasteiger partial charge in [-0.15, -0.1) is 0 Å². The fourth-order valence-corrected chi connectivity index (χ4v) is 2.94. The molecule has 1 aromatic rings. The minimum absolute atomic E-state index is 0.0625. The van der Waals surface area contributed by atoms with Crippen molar-refractivity contribution in [2.24, 2.45) is 0 Å². The van der Waals surface area contributed by atoms with E-state index < -0.39 is 17.5 Å². The summed E-state index contributed by atoms with van der Waals surface area (Å²) in [5.41, 5.74) is -0.0971. The molecule has 2 rings (SSSR count). The van der Waals surface area contributed by atoms with Gasteiger partial charge in [-0.3, -0.25) is 14.5 Å². The maximum atomic E-state index is 12.3. The Balaban J connectivity index is 1.99. The van der Waals surface area contributed by atoms with Gasteiger partial charge in [-0.25, -0.2) is 4.79 Å². The average Bonchev–Trinajstić information content (AvgIpc) is 3.02. The van der Waals surface area contributed by atoms with Crippen molar-refractivity contribution in [2.45, 2.75) is 19.0 Å². The van der Waals surface area contributed by atoms with Gasteiger partial charge in [-0.2, -0.15) is 11.3 Å². The lowest BCUT2D eigenvalue weighted by Crippen LogP contribution is -2.48. The normalized spacial score (nSPS) is 21.1. The number of hydrogen-bond acceptors (Lipinski definition) is 5. The van der Waals surface area contributed by atoms with Crippen LogP contribution in [0.4, 0.5) is 4.79 Å². The number of nitrogens with one attached hydrogen (secondary N) is 1. The lowest BCUT2D eigenvalue weighted by atomic mass is 10.0. The van der Waals surface area contributed by atoms with E-state index in [1.165, 1.54) is 12.0 Å². The summed E-state index contributed by atoms with van der Waals surface area (Å²) < 4.78 is 4.96. The second-order valence-electron chi connectivity index (χ2n) is 5.47. The third-order valence-electron chi connectivity index (χ3n) is 3.50. The van der Waals surface area contributed by atoms with Crippen molar-refractivity contribution in [1.82, 2.24) is 15.1 Å². The molecule has 0 radical (unpaired) electrons. The number of carbonyl (C=O) groups is 3. The highest BCUT2D eigenvalue weighted by atomic mass is 32.1. The molecule has 2 heterocycles. The number of thiophene rings is 1. The van der Waals surface area contributed by atoms with Crippen molar-refractivity contribution in [1.29, 1.82) is 0 Å². The summed E-state index contributed by atoms with van der Waals surface area (Å²) in [5.74, 6) is -0.743. The Hall–Kier alpha value is -1.93. The molecule has 120 valence electrons. The highest BCUT2D eigenvalue weighted by molar-refractivity contribution is 7.07. The molecule has 1 atom stereocenters. The van der Waals surface area contributed by atoms with Crippen molar-refractivity contribution in [3.63, 3.8) is 0 Å². The molecule has 22 heavy (non-hydrogen) atoms. The van der Waals surface area contributed by atoms with Crippen LogP contribution in [0.3, 0.4) is 0 Å². The highest BCUT2D eigenvalue weighted by Crippen LogP contribution is 2.18. The molecule has 4 amide bonds. The van der Waals surface area contributed by atoms with Gasteiger partial charge >= 0.3 is 6.03 Å². The van der Waals surface area contributed by atoms with E-state index in [4.69, 9.17) is 4.74 Å². The third kappa shape index (κ3) is 3.28. The number of ether oxygens (including phenoxy) is 1. The first-order chi connectivity index (χ1) is 10.4. The van der Waals surface area contributed by atoms with Crippen LogP contribution in [-0.4, -0.2) is 60.5 Å². The van der Waals surface area contributed by atoms with Crippen molar-refractivity contribution in [2.75, 3.05) is 27.3 Å². The number of amides is 4. The first kappa shape index (κ1) is 16.4. The van der Waals surface area contributed by atoms with Crippen LogP contribution in [0.5, 0.6) is 0 Å². The summed E-state index contributed by atoms with van der Waals surface area (Å²) in [5, 5.41) is 6.45. The Labute approximate surface area is 132 Å². The number of nitrogens with zero attached hydrogens (tertiary/aromatic N) is 2. The minimum atomic E-state index is -1.11. The second-order valence-corrected chi connectivity index (χ2v) is 6.25. The SMILES string of the molecule is COCC1(C)NC(=O)N(CC(=O)N(C)Cc2ccsc2)C1=O. The molecule has 0 spiro atoms. The molecule has 8 heteroatoms. The van der Waals surface area contributed by atoms with Gasteiger partial charge in [0.15, 0.2) is 0 Å². The molecular formula is C14H19N3O4S. The first-order valence-electron chi connectivity index (χ1n) is 6.75. The monoisotopic (exact) mass is 325 g/mol. The Morgan fingerprint density at radius 3 is 2.82 bits per heavy atom. The van der Waals surface area contributed by atoms with Gasteiger partial charge in [-0.05, 0) is 29.3 Å². The molecule has 0 aliphatic carbocycles. The van der Waals surface area contributed by atoms with Crippen LogP contribution >= 0.6 is 11.3 Å². The standard InChI is InChI=1S/C14H19N3O4S/c1-14(9-21-3)12(19)17(13(20)15-14)7-11(18)16(2)6-10-4-5-22-8-10/h4-5,8H,6-7,9H2,1-3H3,(H,15,20). The number of carbonyl (C=O) groups excluding carboxylic acids is 3. The lowest BCUT2D eigenvalue weighted by molar-refractivity contribution is -0.139. The Bertz CT molecular complexity index is 575. The largest absolute Gasteiger partial charge is 0.382 e. The van der Waals surface area contributed by atoms with E-state index in [-0.39, 0.29) is 19.1 Å². The fourth-order valence-electron chi connectivity index (χ4n) is 2.28. The summed E-state index contributed by atoms with van der Waals surface area (Å²) in [6.45, 7) is 1.81. The number of hydrogen-bond donors (Lipinski definition) is 1. The minimum Gasteiger partial charge on any atom is -0.382 e. The molecule has 1 unspecified atom stereocenters. The van der Waals surface area contributed by atoms with E-state index in [1.807, 2.05) is 16.8 Å². The maximum Gasteiger partial charge on any atom is 0.325 e. The van der Waals surface area contributed by atoms with Crippen LogP contribution < -0.4 is 5.32 Å². The predicted octanol–water partition coefficient (Wildman–Crippen LogP) is 0.663. The molecule has 1 aliphatic heterocycles. The van der Waals surface area contributed by atoms with E-state index in [2.05, 4.69) is 5.32 Å². The van der Waals surface area contributed by atoms with Crippen molar-refractivity contribution in [3.8, 4) is 0 Å². The lowest BCUT2D eigenvalue weighted by Gasteiger charge is -2.22. The fraction of sp³-hybridized carbons (Fsp3) is 0.500. The average molecular weight is 325 g/mol. The smallest absolute Gasteiger partial charge is 0.325 e. The summed E-state index contributed by atoms with van der Waals surface area (Å²) in [7, 11) is 3.10. The summed E-state index contributed by atoms with van der Waals surface area (Å²) in [6, 6.07) is 1.36. The summed E-state index contributed by atoms with van der Waals surface area (Å²) in [4.78, 5) is 38.9. The third-order valence-corrected chi connectivity index (χ3v) is 4.23. The number of likely N-dealkylation sites (N-methyl/N-ethyl adjacent to an activating group) is 1. The van der Waals surface area contributed by atoms with Gasteiger partial charge in [0.05, 0.1) is 6.61 Å². The van der Waals surface area contributed by atoms with E-state index in [1.54, 1.807) is 25.3 Å². The summed E-state index contributed by atoms with van der Waals surface area (Å²) in [6.07, 6.45) is 0. The molecule has 1 fully saturated rings. The molecule has 1 aliphatic rings. The van der Waals surface area contributed by atoms with Crippen molar-refractivity contribution in [3.05, 3.63) is 22.4 Å². The Morgan fingerprint density at radius 1 is 1.50 bits per heavy atom. The van der Waals surface area contributed by atoms with Crippen LogP contribution in [0.15, 0.2) is 16.8 Å². The van der Waals surface area contributed by atoms with Gasteiger partial charge in [0, 0.05) is 20.7 Å². The van der Waals surface area contributed by atoms with Gasteiger partial charge in [-0.1, -0.05) is 0 Å². The molecular weight excluding hydrogens is 306 g/mol. The van der Waals surface area contributed by atoms with Crippen molar-refractivity contribution >= 4 is 29.2 Å².